The van der Waals surface area contributed by atoms with Crippen molar-refractivity contribution in [2.45, 2.75) is 47.1 Å². The molecule has 5 nitrogen and oxygen atoms in total. The normalized spacial score (nSPS) is 14.9. The molecule has 0 heterocycles. The summed E-state index contributed by atoms with van der Waals surface area (Å²) in [4.78, 5) is 22.3. The number of rotatable bonds is 5. The molecule has 2 unspecified atom stereocenters. The molecule has 2 atom stereocenters. The number of urea groups is 1. The fourth-order valence-corrected chi connectivity index (χ4v) is 1.09. The second-order valence-corrected chi connectivity index (χ2v) is 5.39. The van der Waals surface area contributed by atoms with E-state index in [1.54, 1.807) is 6.92 Å². The van der Waals surface area contributed by atoms with Crippen LogP contribution in [0.3, 0.4) is 0 Å². The van der Waals surface area contributed by atoms with E-state index >= 15 is 0 Å². The van der Waals surface area contributed by atoms with Gasteiger partial charge in [0.25, 0.3) is 0 Å². The maximum Gasteiger partial charge on any atom is 0.315 e. The van der Waals surface area contributed by atoms with Crippen LogP contribution in [0.5, 0.6) is 0 Å². The number of carbonyl (C=O) groups is 2. The van der Waals surface area contributed by atoms with E-state index in [2.05, 4.69) is 10.6 Å². The van der Waals surface area contributed by atoms with Gasteiger partial charge in [0.1, 0.15) is 0 Å². The molecule has 0 saturated carbocycles. The van der Waals surface area contributed by atoms with Crippen LogP contribution in [0.1, 0.15) is 41.0 Å². The van der Waals surface area contributed by atoms with Crippen molar-refractivity contribution in [2.24, 2.45) is 11.3 Å². The summed E-state index contributed by atoms with van der Waals surface area (Å²) in [5.41, 5.74) is -0.0195. The van der Waals surface area contributed by atoms with E-state index < -0.39 is 11.9 Å². The minimum atomic E-state index is -0.878. The lowest BCUT2D eigenvalue weighted by Gasteiger charge is -2.28. The molecule has 0 aromatic carbocycles. The topological polar surface area (TPSA) is 78.4 Å². The molecule has 0 rings (SSSR count). The molecular formula is C12H24N2O3. The molecule has 0 aromatic rings. The van der Waals surface area contributed by atoms with Crippen molar-refractivity contribution in [2.75, 3.05) is 6.54 Å². The molecule has 0 bridgehead atoms. The van der Waals surface area contributed by atoms with E-state index in [0.29, 0.717) is 6.42 Å². The summed E-state index contributed by atoms with van der Waals surface area (Å²) in [6.07, 6.45) is 0.504. The Labute approximate surface area is 103 Å². The lowest BCUT2D eigenvalue weighted by atomic mass is 9.88. The molecule has 0 aromatic heterocycles. The third-order valence-electron chi connectivity index (χ3n) is 3.00. The molecular weight excluding hydrogens is 220 g/mol. The zero-order valence-corrected chi connectivity index (χ0v) is 11.3. The standard InChI is InChI=1S/C12H24N2O3/c1-6-9(10(15)16)7-13-11(17)14-8(2)12(3,4)5/h8-9H,6-7H2,1-5H3,(H,15,16)(H2,13,14,17). The maximum atomic E-state index is 11.5. The average molecular weight is 244 g/mol. The Morgan fingerprint density at radius 3 is 2.18 bits per heavy atom. The number of aliphatic carboxylic acids is 1. The van der Waals surface area contributed by atoms with Crippen molar-refractivity contribution in [1.82, 2.24) is 10.6 Å². The van der Waals surface area contributed by atoms with Crippen LogP contribution < -0.4 is 10.6 Å². The zero-order chi connectivity index (χ0) is 13.6. The summed E-state index contributed by atoms with van der Waals surface area (Å²) >= 11 is 0. The summed E-state index contributed by atoms with van der Waals surface area (Å²) in [5.74, 6) is -1.40. The molecule has 0 aliphatic carbocycles. The van der Waals surface area contributed by atoms with E-state index in [1.165, 1.54) is 0 Å². The van der Waals surface area contributed by atoms with E-state index in [1.807, 2.05) is 27.7 Å². The first-order valence-corrected chi connectivity index (χ1v) is 5.95. The highest BCUT2D eigenvalue weighted by Crippen LogP contribution is 2.18. The minimum Gasteiger partial charge on any atom is -0.481 e. The number of amides is 2. The number of nitrogens with one attached hydrogen (secondary N) is 2. The number of hydrogen-bond acceptors (Lipinski definition) is 2. The van der Waals surface area contributed by atoms with Crippen LogP contribution in [0.15, 0.2) is 0 Å². The van der Waals surface area contributed by atoms with Crippen molar-refractivity contribution in [3.63, 3.8) is 0 Å². The molecule has 0 saturated heterocycles. The Morgan fingerprint density at radius 2 is 1.82 bits per heavy atom. The van der Waals surface area contributed by atoms with Crippen molar-refractivity contribution >= 4 is 12.0 Å². The van der Waals surface area contributed by atoms with Gasteiger partial charge >= 0.3 is 12.0 Å². The van der Waals surface area contributed by atoms with Crippen LogP contribution in [0.4, 0.5) is 4.79 Å². The van der Waals surface area contributed by atoms with Gasteiger partial charge in [-0.2, -0.15) is 0 Å². The highest BCUT2D eigenvalue weighted by atomic mass is 16.4. The van der Waals surface area contributed by atoms with Crippen LogP contribution in [-0.4, -0.2) is 29.7 Å². The van der Waals surface area contributed by atoms with Crippen LogP contribution in [-0.2, 0) is 4.79 Å². The molecule has 3 N–H and O–H groups in total. The minimum absolute atomic E-state index is 0.0195. The molecule has 0 fully saturated rings. The summed E-state index contributed by atoms with van der Waals surface area (Å²) in [7, 11) is 0. The number of hydrogen-bond donors (Lipinski definition) is 3. The molecule has 5 heteroatoms. The average Bonchev–Trinajstić information content (AvgIpc) is 2.16. The molecule has 2 amide bonds. The van der Waals surface area contributed by atoms with Gasteiger partial charge in [0.15, 0.2) is 0 Å². The highest BCUT2D eigenvalue weighted by molar-refractivity contribution is 5.76. The van der Waals surface area contributed by atoms with Crippen LogP contribution >= 0.6 is 0 Å². The van der Waals surface area contributed by atoms with Gasteiger partial charge in [-0.15, -0.1) is 0 Å². The Hall–Kier alpha value is -1.26. The van der Waals surface area contributed by atoms with E-state index in [9.17, 15) is 9.59 Å². The Bertz CT molecular complexity index is 271. The second kappa shape index (κ2) is 6.47. The summed E-state index contributed by atoms with van der Waals surface area (Å²) < 4.78 is 0. The predicted molar refractivity (Wildman–Crippen MR) is 66.9 cm³/mol. The lowest BCUT2D eigenvalue weighted by Crippen LogP contribution is -2.47. The number of carboxylic acids is 1. The number of carboxylic acid groups (broad SMARTS) is 1. The highest BCUT2D eigenvalue weighted by Gasteiger charge is 2.22. The van der Waals surface area contributed by atoms with E-state index in [0.717, 1.165) is 0 Å². The SMILES string of the molecule is CCC(CNC(=O)NC(C)C(C)(C)C)C(=O)O. The van der Waals surface area contributed by atoms with Crippen molar-refractivity contribution in [3.05, 3.63) is 0 Å². The predicted octanol–water partition coefficient (Wildman–Crippen LogP) is 1.83. The second-order valence-electron chi connectivity index (χ2n) is 5.39. The van der Waals surface area contributed by atoms with Gasteiger partial charge in [-0.05, 0) is 18.8 Å². The summed E-state index contributed by atoms with van der Waals surface area (Å²) in [6.45, 7) is 9.97. The third-order valence-corrected chi connectivity index (χ3v) is 3.00. The Morgan fingerprint density at radius 1 is 1.29 bits per heavy atom. The van der Waals surface area contributed by atoms with Crippen molar-refractivity contribution in [1.29, 1.82) is 0 Å². The van der Waals surface area contributed by atoms with Gasteiger partial charge in [-0.25, -0.2) is 4.79 Å². The fraction of sp³-hybridized carbons (Fsp3) is 0.833. The molecule has 0 aliphatic rings. The third kappa shape index (κ3) is 6.14. The first-order chi connectivity index (χ1) is 7.68. The molecule has 17 heavy (non-hydrogen) atoms. The van der Waals surface area contributed by atoms with Gasteiger partial charge in [0.2, 0.25) is 0 Å². The molecule has 0 radical (unpaired) electrons. The number of carbonyl (C=O) groups excluding carboxylic acids is 1. The summed E-state index contributed by atoms with van der Waals surface area (Å²) in [5, 5.41) is 14.2. The molecule has 0 aliphatic heterocycles. The van der Waals surface area contributed by atoms with Crippen molar-refractivity contribution < 1.29 is 14.7 Å². The quantitative estimate of drug-likeness (QED) is 0.690. The van der Waals surface area contributed by atoms with Gasteiger partial charge < -0.3 is 15.7 Å². The Balaban J connectivity index is 4.07. The van der Waals surface area contributed by atoms with E-state index in [4.69, 9.17) is 5.11 Å². The van der Waals surface area contributed by atoms with Crippen LogP contribution in [0.25, 0.3) is 0 Å². The van der Waals surface area contributed by atoms with Gasteiger partial charge in [0, 0.05) is 12.6 Å². The first-order valence-electron chi connectivity index (χ1n) is 5.95. The summed E-state index contributed by atoms with van der Waals surface area (Å²) in [6, 6.07) is -0.292. The van der Waals surface area contributed by atoms with Gasteiger partial charge in [-0.3, -0.25) is 4.79 Å². The largest absolute Gasteiger partial charge is 0.481 e. The maximum absolute atomic E-state index is 11.5. The van der Waals surface area contributed by atoms with E-state index in [-0.39, 0.29) is 24.0 Å². The molecule has 0 spiro atoms. The zero-order valence-electron chi connectivity index (χ0n) is 11.3. The van der Waals surface area contributed by atoms with Gasteiger partial charge in [0.05, 0.1) is 5.92 Å². The monoisotopic (exact) mass is 244 g/mol. The first kappa shape index (κ1) is 15.7. The fourth-order valence-electron chi connectivity index (χ4n) is 1.09. The van der Waals surface area contributed by atoms with Crippen LogP contribution in [0.2, 0.25) is 0 Å². The molecule has 100 valence electrons. The van der Waals surface area contributed by atoms with Crippen molar-refractivity contribution in [3.8, 4) is 0 Å². The lowest BCUT2D eigenvalue weighted by molar-refractivity contribution is -0.141. The Kier molecular flexibility index (Phi) is 5.99. The smallest absolute Gasteiger partial charge is 0.315 e. The van der Waals surface area contributed by atoms with Gasteiger partial charge in [-0.1, -0.05) is 27.7 Å². The van der Waals surface area contributed by atoms with Crippen LogP contribution in [0, 0.1) is 11.3 Å².